The Morgan fingerprint density at radius 2 is 2.04 bits per heavy atom. The minimum absolute atomic E-state index is 0.00182. The van der Waals surface area contributed by atoms with Crippen molar-refractivity contribution in [3.63, 3.8) is 0 Å². The maximum atomic E-state index is 12.0. The van der Waals surface area contributed by atoms with Crippen LogP contribution in [0.1, 0.15) is 16.1 Å². The van der Waals surface area contributed by atoms with Crippen LogP contribution in [-0.2, 0) is 11.3 Å². The fourth-order valence-corrected chi connectivity index (χ4v) is 3.29. The third-order valence-electron chi connectivity index (χ3n) is 3.70. The summed E-state index contributed by atoms with van der Waals surface area (Å²) >= 11 is 1.56. The standard InChI is InChI=1S/C19H19N3O2S/c1-13-6-3-4-8-16(13)24-12-18(23)21-11-17-14(2)22-19(25-17)15-7-5-9-20-10-15/h3-10H,11-12H2,1-2H3,(H,21,23). The molecule has 2 aromatic heterocycles. The Balaban J connectivity index is 1.56. The highest BCUT2D eigenvalue weighted by Gasteiger charge is 2.11. The molecule has 0 aliphatic heterocycles. The Morgan fingerprint density at radius 3 is 2.80 bits per heavy atom. The van der Waals surface area contributed by atoms with E-state index in [4.69, 9.17) is 4.74 Å². The zero-order chi connectivity index (χ0) is 17.6. The normalized spacial score (nSPS) is 10.5. The zero-order valence-electron chi connectivity index (χ0n) is 14.2. The fourth-order valence-electron chi connectivity index (χ4n) is 2.30. The average Bonchev–Trinajstić information content (AvgIpc) is 3.01. The highest BCUT2D eigenvalue weighted by atomic mass is 32.1. The van der Waals surface area contributed by atoms with Crippen LogP contribution in [0.4, 0.5) is 0 Å². The van der Waals surface area contributed by atoms with Gasteiger partial charge in [-0.3, -0.25) is 9.78 Å². The van der Waals surface area contributed by atoms with E-state index in [1.54, 1.807) is 23.7 Å². The Bertz CT molecular complexity index is 862. The summed E-state index contributed by atoms with van der Waals surface area (Å²) in [7, 11) is 0. The number of aromatic nitrogens is 2. The lowest BCUT2D eigenvalue weighted by molar-refractivity contribution is -0.123. The van der Waals surface area contributed by atoms with Crippen LogP contribution in [0.2, 0.25) is 0 Å². The molecule has 0 aliphatic rings. The lowest BCUT2D eigenvalue weighted by Crippen LogP contribution is -2.28. The van der Waals surface area contributed by atoms with E-state index in [1.165, 1.54) is 0 Å². The van der Waals surface area contributed by atoms with Crippen molar-refractivity contribution in [3.8, 4) is 16.3 Å². The van der Waals surface area contributed by atoms with E-state index in [2.05, 4.69) is 15.3 Å². The summed E-state index contributed by atoms with van der Waals surface area (Å²) in [6, 6.07) is 11.5. The van der Waals surface area contributed by atoms with E-state index in [1.807, 2.05) is 50.2 Å². The van der Waals surface area contributed by atoms with Crippen LogP contribution in [0.15, 0.2) is 48.8 Å². The lowest BCUT2D eigenvalue weighted by atomic mass is 10.2. The first-order chi connectivity index (χ1) is 12.1. The Labute approximate surface area is 150 Å². The molecular formula is C19H19N3O2S. The van der Waals surface area contributed by atoms with Crippen LogP contribution in [0.5, 0.6) is 5.75 Å². The first kappa shape index (κ1) is 17.1. The van der Waals surface area contributed by atoms with E-state index >= 15 is 0 Å². The van der Waals surface area contributed by atoms with Crippen molar-refractivity contribution >= 4 is 17.2 Å². The lowest BCUT2D eigenvalue weighted by Gasteiger charge is -2.09. The molecule has 0 spiro atoms. The summed E-state index contributed by atoms with van der Waals surface area (Å²) in [5.41, 5.74) is 2.91. The minimum atomic E-state index is -0.154. The number of hydrogen-bond acceptors (Lipinski definition) is 5. The number of carbonyl (C=O) groups is 1. The molecule has 128 valence electrons. The van der Waals surface area contributed by atoms with Gasteiger partial charge in [0.2, 0.25) is 0 Å². The van der Waals surface area contributed by atoms with Crippen molar-refractivity contribution in [2.45, 2.75) is 20.4 Å². The molecule has 3 rings (SSSR count). The molecule has 1 amide bonds. The summed E-state index contributed by atoms with van der Waals surface area (Å²) in [5, 5.41) is 3.79. The SMILES string of the molecule is Cc1ccccc1OCC(=O)NCc1sc(-c2cccnc2)nc1C. The van der Waals surface area contributed by atoms with Gasteiger partial charge in [0.25, 0.3) is 5.91 Å². The second kappa shape index (κ2) is 7.90. The van der Waals surface area contributed by atoms with Crippen LogP contribution in [-0.4, -0.2) is 22.5 Å². The van der Waals surface area contributed by atoms with Gasteiger partial charge in [0.15, 0.2) is 6.61 Å². The number of hydrogen-bond donors (Lipinski definition) is 1. The highest BCUT2D eigenvalue weighted by molar-refractivity contribution is 7.15. The van der Waals surface area contributed by atoms with Crippen molar-refractivity contribution in [1.29, 1.82) is 0 Å². The van der Waals surface area contributed by atoms with Gasteiger partial charge in [-0.25, -0.2) is 4.98 Å². The molecule has 0 bridgehead atoms. The summed E-state index contributed by atoms with van der Waals surface area (Å²) in [5.74, 6) is 0.574. The van der Waals surface area contributed by atoms with E-state index in [0.29, 0.717) is 6.54 Å². The van der Waals surface area contributed by atoms with Gasteiger partial charge in [-0.2, -0.15) is 0 Å². The molecule has 1 N–H and O–H groups in total. The van der Waals surface area contributed by atoms with Crippen molar-refractivity contribution in [2.75, 3.05) is 6.61 Å². The smallest absolute Gasteiger partial charge is 0.258 e. The number of amides is 1. The predicted octanol–water partition coefficient (Wildman–Crippen LogP) is 3.52. The molecule has 25 heavy (non-hydrogen) atoms. The first-order valence-corrected chi connectivity index (χ1v) is 8.77. The van der Waals surface area contributed by atoms with E-state index in [0.717, 1.165) is 32.5 Å². The molecule has 0 aliphatic carbocycles. The molecule has 0 saturated carbocycles. The van der Waals surface area contributed by atoms with Gasteiger partial charge in [0.1, 0.15) is 10.8 Å². The van der Waals surface area contributed by atoms with E-state index in [-0.39, 0.29) is 12.5 Å². The molecule has 0 fully saturated rings. The molecule has 6 heteroatoms. The van der Waals surface area contributed by atoms with Crippen LogP contribution in [0.25, 0.3) is 10.6 Å². The quantitative estimate of drug-likeness (QED) is 0.736. The topological polar surface area (TPSA) is 64.1 Å². The number of benzene rings is 1. The third kappa shape index (κ3) is 4.42. The van der Waals surface area contributed by atoms with Crippen LogP contribution in [0, 0.1) is 13.8 Å². The number of aryl methyl sites for hydroxylation is 2. The number of carbonyl (C=O) groups excluding carboxylic acids is 1. The van der Waals surface area contributed by atoms with Gasteiger partial charge in [0, 0.05) is 22.8 Å². The summed E-state index contributed by atoms with van der Waals surface area (Å²) in [6.45, 7) is 4.34. The van der Waals surface area contributed by atoms with Gasteiger partial charge >= 0.3 is 0 Å². The molecule has 0 atom stereocenters. The third-order valence-corrected chi connectivity index (χ3v) is 4.91. The van der Waals surface area contributed by atoms with Gasteiger partial charge in [-0.1, -0.05) is 18.2 Å². The molecule has 0 saturated heterocycles. The number of rotatable bonds is 6. The summed E-state index contributed by atoms with van der Waals surface area (Å²) in [6.07, 6.45) is 3.52. The number of ether oxygens (including phenoxy) is 1. The predicted molar refractivity (Wildman–Crippen MR) is 98.6 cm³/mol. The second-order valence-corrected chi connectivity index (χ2v) is 6.68. The van der Waals surface area contributed by atoms with Crippen molar-refractivity contribution in [1.82, 2.24) is 15.3 Å². The largest absolute Gasteiger partial charge is 0.484 e. The Hall–Kier alpha value is -2.73. The fraction of sp³-hybridized carbons (Fsp3) is 0.211. The number of para-hydroxylation sites is 1. The van der Waals surface area contributed by atoms with E-state index in [9.17, 15) is 4.79 Å². The van der Waals surface area contributed by atoms with Crippen LogP contribution >= 0.6 is 11.3 Å². The van der Waals surface area contributed by atoms with Gasteiger partial charge in [-0.05, 0) is 37.6 Å². The van der Waals surface area contributed by atoms with Crippen LogP contribution < -0.4 is 10.1 Å². The molecule has 5 nitrogen and oxygen atoms in total. The molecule has 3 aromatic rings. The maximum absolute atomic E-state index is 12.0. The molecular weight excluding hydrogens is 334 g/mol. The van der Waals surface area contributed by atoms with Crippen molar-refractivity contribution < 1.29 is 9.53 Å². The van der Waals surface area contributed by atoms with Gasteiger partial charge in [0.05, 0.1) is 12.2 Å². The Morgan fingerprint density at radius 1 is 1.20 bits per heavy atom. The molecule has 0 unspecified atom stereocenters. The zero-order valence-corrected chi connectivity index (χ0v) is 15.0. The number of thiazole rings is 1. The minimum Gasteiger partial charge on any atom is -0.484 e. The van der Waals surface area contributed by atoms with Gasteiger partial charge in [-0.15, -0.1) is 11.3 Å². The second-order valence-electron chi connectivity index (χ2n) is 5.60. The number of nitrogens with zero attached hydrogens (tertiary/aromatic N) is 2. The molecule has 1 aromatic carbocycles. The van der Waals surface area contributed by atoms with Crippen LogP contribution in [0.3, 0.4) is 0 Å². The summed E-state index contributed by atoms with van der Waals surface area (Å²) < 4.78 is 5.56. The maximum Gasteiger partial charge on any atom is 0.258 e. The van der Waals surface area contributed by atoms with E-state index < -0.39 is 0 Å². The number of pyridine rings is 1. The first-order valence-electron chi connectivity index (χ1n) is 7.95. The average molecular weight is 353 g/mol. The Kier molecular flexibility index (Phi) is 5.40. The molecule has 2 heterocycles. The highest BCUT2D eigenvalue weighted by Crippen LogP contribution is 2.27. The monoisotopic (exact) mass is 353 g/mol. The summed E-state index contributed by atoms with van der Waals surface area (Å²) in [4.78, 5) is 21.7. The van der Waals surface area contributed by atoms with Crippen molar-refractivity contribution in [3.05, 3.63) is 64.9 Å². The number of nitrogens with one attached hydrogen (secondary N) is 1. The van der Waals surface area contributed by atoms with Gasteiger partial charge < -0.3 is 10.1 Å². The van der Waals surface area contributed by atoms with Crippen molar-refractivity contribution in [2.24, 2.45) is 0 Å². The molecule has 0 radical (unpaired) electrons.